The monoisotopic (exact) mass is 579 g/mol. The van der Waals surface area contributed by atoms with Gasteiger partial charge in [0, 0.05) is 37.9 Å². The van der Waals surface area contributed by atoms with E-state index in [9.17, 15) is 26.3 Å². The fourth-order valence-electron chi connectivity index (χ4n) is 6.23. The number of halogens is 6. The highest BCUT2D eigenvalue weighted by molar-refractivity contribution is 5.60. The molecule has 2 aromatic carbocycles. The first kappa shape index (κ1) is 29.3. The molecule has 4 nitrogen and oxygen atoms in total. The lowest BCUT2D eigenvalue weighted by Gasteiger charge is -2.31. The molecule has 10 heteroatoms. The molecule has 2 aliphatic rings. The standard InChI is InChI=1S/C31H35F6N3O/c1-3-39(17-21-7-4-5-8-21)28-15-24-10-6-9-23(24)14-25(28)19-40(29-11-20(2)38-41-29)18-22-12-26(30(32,33)34)16-27(13-22)31(35,36)37/h11-16,21H,3-10,17-19H2,1-2H3. The van der Waals surface area contributed by atoms with Crippen molar-refractivity contribution in [1.29, 1.82) is 0 Å². The Morgan fingerprint density at radius 3 is 2.00 bits per heavy atom. The van der Waals surface area contributed by atoms with Gasteiger partial charge in [-0.15, -0.1) is 0 Å². The highest BCUT2D eigenvalue weighted by Gasteiger charge is 2.37. The van der Waals surface area contributed by atoms with Gasteiger partial charge in [0.25, 0.3) is 0 Å². The summed E-state index contributed by atoms with van der Waals surface area (Å²) >= 11 is 0. The lowest BCUT2D eigenvalue weighted by atomic mass is 10.00. The topological polar surface area (TPSA) is 32.5 Å². The van der Waals surface area contributed by atoms with Crippen LogP contribution in [0.25, 0.3) is 0 Å². The van der Waals surface area contributed by atoms with Gasteiger partial charge in [-0.05, 0) is 98.4 Å². The van der Waals surface area contributed by atoms with E-state index in [0.717, 1.165) is 55.7 Å². The Kier molecular flexibility index (Phi) is 8.30. The molecule has 222 valence electrons. The summed E-state index contributed by atoms with van der Waals surface area (Å²) in [7, 11) is 0. The molecule has 0 saturated heterocycles. The lowest BCUT2D eigenvalue weighted by molar-refractivity contribution is -0.143. The fraction of sp³-hybridized carbons (Fsp3) is 0.516. The van der Waals surface area contributed by atoms with Gasteiger partial charge in [0.1, 0.15) is 0 Å². The van der Waals surface area contributed by atoms with E-state index in [1.54, 1.807) is 17.9 Å². The van der Waals surface area contributed by atoms with E-state index in [1.165, 1.54) is 36.8 Å². The number of aromatic nitrogens is 1. The Morgan fingerprint density at radius 2 is 1.44 bits per heavy atom. The van der Waals surface area contributed by atoms with Gasteiger partial charge in [0.05, 0.1) is 16.8 Å². The lowest BCUT2D eigenvalue weighted by Crippen LogP contribution is -2.31. The number of rotatable bonds is 9. The van der Waals surface area contributed by atoms with E-state index >= 15 is 0 Å². The first-order valence-corrected chi connectivity index (χ1v) is 14.3. The second-order valence-corrected chi connectivity index (χ2v) is 11.4. The first-order valence-electron chi connectivity index (χ1n) is 14.3. The number of hydrogen-bond donors (Lipinski definition) is 0. The maximum atomic E-state index is 13.6. The minimum Gasteiger partial charge on any atom is -0.371 e. The van der Waals surface area contributed by atoms with Crippen LogP contribution in [0, 0.1) is 12.8 Å². The first-order chi connectivity index (χ1) is 19.4. The molecular weight excluding hydrogens is 544 g/mol. The zero-order valence-corrected chi connectivity index (χ0v) is 23.3. The molecule has 0 unspecified atom stereocenters. The summed E-state index contributed by atoms with van der Waals surface area (Å²) in [6.07, 6.45) is -1.99. The van der Waals surface area contributed by atoms with E-state index in [1.807, 2.05) is 0 Å². The number of anilines is 2. The Hall–Kier alpha value is -3.17. The molecule has 0 N–H and O–H groups in total. The highest BCUT2D eigenvalue weighted by atomic mass is 19.4. The zero-order chi connectivity index (χ0) is 29.4. The van der Waals surface area contributed by atoms with Crippen LogP contribution in [0.3, 0.4) is 0 Å². The van der Waals surface area contributed by atoms with Crippen LogP contribution in [0.1, 0.15) is 78.1 Å². The molecule has 5 rings (SSSR count). The molecule has 3 aromatic rings. The quantitative estimate of drug-likeness (QED) is 0.237. The van der Waals surface area contributed by atoms with Crippen molar-refractivity contribution in [2.24, 2.45) is 5.92 Å². The molecule has 1 fully saturated rings. The van der Waals surface area contributed by atoms with Crippen LogP contribution in [-0.2, 0) is 38.3 Å². The largest absolute Gasteiger partial charge is 0.416 e. The van der Waals surface area contributed by atoms with Crippen LogP contribution < -0.4 is 9.80 Å². The van der Waals surface area contributed by atoms with Crippen LogP contribution in [-0.4, -0.2) is 18.2 Å². The second-order valence-electron chi connectivity index (χ2n) is 11.4. The van der Waals surface area contributed by atoms with Crippen molar-refractivity contribution in [2.75, 3.05) is 22.9 Å². The summed E-state index contributed by atoms with van der Waals surface area (Å²) in [4.78, 5) is 4.05. The Labute approximate surface area is 236 Å². The number of benzene rings is 2. The van der Waals surface area contributed by atoms with Crippen LogP contribution in [0.4, 0.5) is 37.9 Å². The minimum absolute atomic E-state index is 0.109. The Bertz CT molecular complexity index is 1320. The number of fused-ring (bicyclic) bond motifs is 1. The number of hydrogen-bond acceptors (Lipinski definition) is 4. The normalized spacial score (nSPS) is 15.9. The average molecular weight is 580 g/mol. The highest BCUT2D eigenvalue weighted by Crippen LogP contribution is 2.38. The molecule has 1 heterocycles. The molecule has 0 radical (unpaired) electrons. The van der Waals surface area contributed by atoms with E-state index in [0.29, 0.717) is 17.5 Å². The Morgan fingerprint density at radius 1 is 0.805 bits per heavy atom. The summed E-state index contributed by atoms with van der Waals surface area (Å²) in [6.45, 7) is 5.59. The minimum atomic E-state index is -4.92. The van der Waals surface area contributed by atoms with E-state index in [4.69, 9.17) is 4.52 Å². The fourth-order valence-corrected chi connectivity index (χ4v) is 6.23. The van der Waals surface area contributed by atoms with Crippen molar-refractivity contribution in [3.8, 4) is 0 Å². The predicted octanol–water partition coefficient (Wildman–Crippen LogP) is 8.73. The predicted molar refractivity (Wildman–Crippen MR) is 146 cm³/mol. The van der Waals surface area contributed by atoms with E-state index < -0.39 is 23.5 Å². The average Bonchev–Trinajstić information content (AvgIpc) is 3.67. The van der Waals surface area contributed by atoms with Gasteiger partial charge in [-0.1, -0.05) is 24.1 Å². The molecular formula is C31H35F6N3O. The molecule has 1 aromatic heterocycles. The van der Waals surface area contributed by atoms with Crippen molar-refractivity contribution in [2.45, 2.75) is 84.2 Å². The van der Waals surface area contributed by atoms with Crippen molar-refractivity contribution < 1.29 is 30.9 Å². The van der Waals surface area contributed by atoms with Crippen molar-refractivity contribution in [1.82, 2.24) is 5.16 Å². The van der Waals surface area contributed by atoms with Crippen LogP contribution in [0.5, 0.6) is 0 Å². The molecule has 0 bridgehead atoms. The van der Waals surface area contributed by atoms with Gasteiger partial charge in [-0.25, -0.2) is 0 Å². The molecule has 41 heavy (non-hydrogen) atoms. The molecule has 0 amide bonds. The summed E-state index contributed by atoms with van der Waals surface area (Å²) < 4.78 is 87.1. The molecule has 1 saturated carbocycles. The summed E-state index contributed by atoms with van der Waals surface area (Å²) in [5, 5.41) is 3.95. The number of aryl methyl sites for hydroxylation is 3. The third-order valence-electron chi connectivity index (χ3n) is 8.28. The van der Waals surface area contributed by atoms with Gasteiger partial charge in [0.15, 0.2) is 0 Å². The maximum absolute atomic E-state index is 13.6. The summed E-state index contributed by atoms with van der Waals surface area (Å²) in [5.41, 5.74) is 2.39. The second kappa shape index (κ2) is 11.6. The number of nitrogens with zero attached hydrogens (tertiary/aromatic N) is 3. The van der Waals surface area contributed by atoms with Crippen molar-refractivity contribution in [3.05, 3.63) is 75.5 Å². The van der Waals surface area contributed by atoms with Gasteiger partial charge < -0.3 is 14.3 Å². The molecule has 0 spiro atoms. The summed E-state index contributed by atoms with van der Waals surface area (Å²) in [6, 6.07) is 7.79. The van der Waals surface area contributed by atoms with Gasteiger partial charge in [-0.2, -0.15) is 26.3 Å². The maximum Gasteiger partial charge on any atom is 0.416 e. The van der Waals surface area contributed by atoms with Crippen molar-refractivity contribution in [3.63, 3.8) is 0 Å². The van der Waals surface area contributed by atoms with Crippen molar-refractivity contribution >= 4 is 11.6 Å². The van der Waals surface area contributed by atoms with Crippen LogP contribution >= 0.6 is 0 Å². The smallest absolute Gasteiger partial charge is 0.371 e. The SMILES string of the molecule is CCN(CC1CCCC1)c1cc2c(cc1CN(Cc1cc(C(F)(F)F)cc(C(F)(F)F)c1)c1cc(C)no1)CCC2. The van der Waals surface area contributed by atoms with E-state index in [2.05, 4.69) is 29.1 Å². The van der Waals surface area contributed by atoms with E-state index in [-0.39, 0.29) is 24.7 Å². The number of alkyl halides is 6. The third-order valence-corrected chi connectivity index (χ3v) is 8.28. The van der Waals surface area contributed by atoms with Gasteiger partial charge in [-0.3, -0.25) is 0 Å². The van der Waals surface area contributed by atoms with Gasteiger partial charge in [0.2, 0.25) is 5.88 Å². The third kappa shape index (κ3) is 6.84. The Balaban J connectivity index is 1.54. The van der Waals surface area contributed by atoms with Crippen LogP contribution in [0.2, 0.25) is 0 Å². The molecule has 0 aliphatic heterocycles. The zero-order valence-electron chi connectivity index (χ0n) is 23.3. The summed E-state index contributed by atoms with van der Waals surface area (Å²) in [5.74, 6) is 0.897. The molecule has 0 atom stereocenters. The molecule has 2 aliphatic carbocycles. The van der Waals surface area contributed by atoms with Gasteiger partial charge >= 0.3 is 12.4 Å². The van der Waals surface area contributed by atoms with Crippen LogP contribution in [0.15, 0.2) is 40.9 Å².